The molecule has 0 aromatic carbocycles. The Morgan fingerprint density at radius 3 is 2.79 bits per heavy atom. The summed E-state index contributed by atoms with van der Waals surface area (Å²) >= 11 is 0. The monoisotopic (exact) mass is 458 g/mol. The molecular weight excluding hydrogens is 436 g/mol. The first-order valence-electron chi connectivity index (χ1n) is 10.9. The lowest BCUT2D eigenvalue weighted by molar-refractivity contribution is 0.382. The highest BCUT2D eigenvalue weighted by Gasteiger charge is 2.25. The minimum absolute atomic E-state index is 0.123. The van der Waals surface area contributed by atoms with Crippen molar-refractivity contribution in [3.8, 4) is 17.2 Å². The average molecular weight is 458 g/mol. The summed E-state index contributed by atoms with van der Waals surface area (Å²) in [5, 5.41) is 7.47. The van der Waals surface area contributed by atoms with Gasteiger partial charge in [0.2, 0.25) is 5.95 Å². The van der Waals surface area contributed by atoms with Gasteiger partial charge < -0.3 is 23.9 Å². The van der Waals surface area contributed by atoms with Crippen LogP contribution in [0, 0.1) is 0 Å². The number of hydrogen-bond donors (Lipinski definition) is 1. The van der Waals surface area contributed by atoms with E-state index in [1.807, 2.05) is 19.3 Å². The Morgan fingerprint density at radius 2 is 2.00 bits per heavy atom. The van der Waals surface area contributed by atoms with E-state index in [1.165, 1.54) is 0 Å². The molecule has 172 valence electrons. The third kappa shape index (κ3) is 3.24. The summed E-state index contributed by atoms with van der Waals surface area (Å²) in [6.07, 6.45) is 12.4. The molecule has 6 rings (SSSR count). The van der Waals surface area contributed by atoms with Gasteiger partial charge in [-0.15, -0.1) is 0 Å². The fraction of sp³-hybridized carbons (Fsp3) is 0.261. The lowest BCUT2D eigenvalue weighted by Crippen LogP contribution is -2.20. The molecule has 1 saturated carbocycles. The number of hydrogen-bond acceptors (Lipinski definition) is 8. The molecular formula is C23H22N8O3. The van der Waals surface area contributed by atoms with Gasteiger partial charge in [-0.2, -0.15) is 10.1 Å². The van der Waals surface area contributed by atoms with Gasteiger partial charge in [-0.25, -0.2) is 9.50 Å². The molecule has 0 atom stereocenters. The predicted molar refractivity (Wildman–Crippen MR) is 125 cm³/mol. The second-order valence-electron chi connectivity index (χ2n) is 8.34. The van der Waals surface area contributed by atoms with Gasteiger partial charge in [0, 0.05) is 32.7 Å². The average Bonchev–Trinajstić information content (AvgIpc) is 3.55. The Kier molecular flexibility index (Phi) is 4.51. The van der Waals surface area contributed by atoms with Crippen molar-refractivity contribution in [2.75, 3.05) is 12.4 Å². The zero-order chi connectivity index (χ0) is 23.4. The number of aryl methyl sites for hydroxylation is 2. The molecule has 0 saturated heterocycles. The Bertz CT molecular complexity index is 1610. The van der Waals surface area contributed by atoms with Crippen LogP contribution < -0.4 is 20.3 Å². The summed E-state index contributed by atoms with van der Waals surface area (Å²) in [5.41, 5.74) is 3.31. The maximum Gasteiger partial charge on any atom is 0.274 e. The van der Waals surface area contributed by atoms with Gasteiger partial charge in [0.25, 0.3) is 5.56 Å². The summed E-state index contributed by atoms with van der Waals surface area (Å²) in [5.74, 6) is 2.40. The smallest absolute Gasteiger partial charge is 0.274 e. The Labute approximate surface area is 193 Å². The number of nitrogens with zero attached hydrogens (tertiary/aromatic N) is 7. The number of imidazole rings is 1. The molecule has 5 aromatic heterocycles. The van der Waals surface area contributed by atoms with Crippen molar-refractivity contribution in [3.05, 3.63) is 59.2 Å². The molecule has 5 heterocycles. The van der Waals surface area contributed by atoms with E-state index in [0.29, 0.717) is 51.5 Å². The number of anilines is 2. The van der Waals surface area contributed by atoms with E-state index < -0.39 is 0 Å². The van der Waals surface area contributed by atoms with Gasteiger partial charge in [-0.05, 0) is 30.4 Å². The van der Waals surface area contributed by atoms with E-state index in [-0.39, 0.29) is 5.56 Å². The van der Waals surface area contributed by atoms with Crippen molar-refractivity contribution in [1.29, 1.82) is 0 Å². The van der Waals surface area contributed by atoms with Crippen LogP contribution in [0.25, 0.3) is 16.7 Å². The normalized spacial score (nSPS) is 13.5. The second kappa shape index (κ2) is 7.58. The molecule has 1 aliphatic carbocycles. The third-order valence-corrected chi connectivity index (χ3v) is 6.03. The largest absolute Gasteiger partial charge is 0.491 e. The molecule has 0 unspecified atom stereocenters. The molecule has 1 aliphatic rings. The molecule has 1 N–H and O–H groups in total. The Morgan fingerprint density at radius 1 is 1.15 bits per heavy atom. The van der Waals surface area contributed by atoms with E-state index in [0.717, 1.165) is 18.4 Å². The fourth-order valence-corrected chi connectivity index (χ4v) is 4.10. The van der Waals surface area contributed by atoms with Crippen molar-refractivity contribution in [1.82, 2.24) is 33.7 Å². The summed E-state index contributed by atoms with van der Waals surface area (Å²) in [6.45, 7) is 0. The molecule has 11 nitrogen and oxygen atoms in total. The van der Waals surface area contributed by atoms with E-state index in [1.54, 1.807) is 58.8 Å². The number of fused-ring (bicyclic) bond motifs is 2. The van der Waals surface area contributed by atoms with Gasteiger partial charge in [0.1, 0.15) is 16.7 Å². The van der Waals surface area contributed by atoms with E-state index in [4.69, 9.17) is 9.47 Å². The van der Waals surface area contributed by atoms with Crippen molar-refractivity contribution in [3.63, 3.8) is 0 Å². The summed E-state index contributed by atoms with van der Waals surface area (Å²) in [4.78, 5) is 25.9. The van der Waals surface area contributed by atoms with E-state index >= 15 is 0 Å². The number of methoxy groups -OCH3 is 1. The first-order chi connectivity index (χ1) is 16.5. The predicted octanol–water partition coefficient (Wildman–Crippen LogP) is 3.13. The SMILES string of the molecule is COc1c(Oc2cnn3ccncc23)cnc2nc(Nc3cc(C4CC4)cn(C)c3=O)n(C)c12. The van der Waals surface area contributed by atoms with Crippen LogP contribution in [0.15, 0.2) is 48.0 Å². The van der Waals surface area contributed by atoms with Crippen LogP contribution in [0.5, 0.6) is 17.2 Å². The first kappa shape index (κ1) is 20.2. The van der Waals surface area contributed by atoms with E-state index in [2.05, 4.69) is 25.4 Å². The van der Waals surface area contributed by atoms with Crippen LogP contribution in [-0.4, -0.2) is 40.8 Å². The maximum absolute atomic E-state index is 12.7. The molecule has 0 bridgehead atoms. The van der Waals surface area contributed by atoms with Gasteiger partial charge in [-0.1, -0.05) is 0 Å². The van der Waals surface area contributed by atoms with Crippen LogP contribution in [0.3, 0.4) is 0 Å². The van der Waals surface area contributed by atoms with Crippen molar-refractivity contribution < 1.29 is 9.47 Å². The Balaban J connectivity index is 1.40. The molecule has 5 aromatic rings. The van der Waals surface area contributed by atoms with Gasteiger partial charge in [0.15, 0.2) is 22.9 Å². The highest BCUT2D eigenvalue weighted by molar-refractivity contribution is 5.85. The lowest BCUT2D eigenvalue weighted by Gasteiger charge is -2.12. The third-order valence-electron chi connectivity index (χ3n) is 6.03. The number of pyridine rings is 2. The molecule has 0 aliphatic heterocycles. The highest BCUT2D eigenvalue weighted by atomic mass is 16.5. The van der Waals surface area contributed by atoms with Crippen molar-refractivity contribution >= 4 is 28.3 Å². The first-order valence-corrected chi connectivity index (χ1v) is 10.9. The minimum Gasteiger partial charge on any atom is -0.491 e. The van der Waals surface area contributed by atoms with Crippen LogP contribution in [0.1, 0.15) is 24.3 Å². The molecule has 11 heteroatoms. The molecule has 0 radical (unpaired) electrons. The summed E-state index contributed by atoms with van der Waals surface area (Å²) < 4.78 is 16.9. The quantitative estimate of drug-likeness (QED) is 0.413. The molecule has 34 heavy (non-hydrogen) atoms. The summed E-state index contributed by atoms with van der Waals surface area (Å²) in [6, 6.07) is 1.91. The van der Waals surface area contributed by atoms with Gasteiger partial charge in [0.05, 0.1) is 25.7 Å². The van der Waals surface area contributed by atoms with Gasteiger partial charge in [-0.3, -0.25) is 9.78 Å². The highest BCUT2D eigenvalue weighted by Crippen LogP contribution is 2.41. The lowest BCUT2D eigenvalue weighted by atomic mass is 10.2. The molecule has 1 fully saturated rings. The molecule has 0 amide bonds. The van der Waals surface area contributed by atoms with Crippen LogP contribution in [0.4, 0.5) is 11.6 Å². The summed E-state index contributed by atoms with van der Waals surface area (Å²) in [7, 11) is 5.16. The van der Waals surface area contributed by atoms with E-state index in [9.17, 15) is 4.79 Å². The second-order valence-corrected chi connectivity index (χ2v) is 8.34. The maximum atomic E-state index is 12.7. The topological polar surface area (TPSA) is 113 Å². The van der Waals surface area contributed by atoms with Gasteiger partial charge >= 0.3 is 0 Å². The van der Waals surface area contributed by atoms with Crippen LogP contribution >= 0.6 is 0 Å². The van der Waals surface area contributed by atoms with Crippen LogP contribution in [0.2, 0.25) is 0 Å². The number of nitrogens with one attached hydrogen (secondary N) is 1. The number of rotatable bonds is 6. The minimum atomic E-state index is -0.123. The van der Waals surface area contributed by atoms with Crippen molar-refractivity contribution in [2.45, 2.75) is 18.8 Å². The van der Waals surface area contributed by atoms with Crippen LogP contribution in [-0.2, 0) is 14.1 Å². The standard InChI is InChI=1S/C23H22N8O3/c1-29-12-14(13-4-5-13)8-15(22(29)32)27-23-28-21-19(30(23)2)20(33-3)18(10-25-21)34-17-11-26-31-7-6-24-9-16(17)31/h6-13H,4-5H2,1-3H3,(H,25,27,28). The zero-order valence-corrected chi connectivity index (χ0v) is 18.9. The Hall–Kier alpha value is -4.41. The number of aromatic nitrogens is 7. The zero-order valence-electron chi connectivity index (χ0n) is 18.9. The number of ether oxygens (including phenoxy) is 2. The van der Waals surface area contributed by atoms with Crippen molar-refractivity contribution in [2.24, 2.45) is 14.1 Å². The molecule has 0 spiro atoms. The fourth-order valence-electron chi connectivity index (χ4n) is 4.10.